The number of amides is 2. The fourth-order valence-corrected chi connectivity index (χ4v) is 3.83. The summed E-state index contributed by atoms with van der Waals surface area (Å²) < 4.78 is 16.2. The van der Waals surface area contributed by atoms with E-state index in [2.05, 4.69) is 15.2 Å². The summed E-state index contributed by atoms with van der Waals surface area (Å²) in [7, 11) is 0. The first-order valence-electron chi connectivity index (χ1n) is 11.0. The number of benzene rings is 2. The number of rotatable bonds is 6. The number of fused-ring (bicyclic) bond motifs is 1. The van der Waals surface area contributed by atoms with Gasteiger partial charge >= 0.3 is 0 Å². The topological polar surface area (TPSA) is 93.2 Å². The summed E-state index contributed by atoms with van der Waals surface area (Å²) in [5, 5.41) is 2.85. The first-order valence-corrected chi connectivity index (χ1v) is 11.0. The molecule has 2 aliphatic rings. The van der Waals surface area contributed by atoms with E-state index in [0.29, 0.717) is 54.7 Å². The number of nitrogens with one attached hydrogen (secondary N) is 1. The second kappa shape index (κ2) is 9.70. The van der Waals surface area contributed by atoms with Gasteiger partial charge in [-0.1, -0.05) is 18.2 Å². The zero-order valence-corrected chi connectivity index (χ0v) is 18.5. The lowest BCUT2D eigenvalue weighted by atomic mass is 10.2. The lowest BCUT2D eigenvalue weighted by Gasteiger charge is -2.35. The molecule has 5 rings (SSSR count). The van der Waals surface area contributed by atoms with Gasteiger partial charge < -0.3 is 29.3 Å². The van der Waals surface area contributed by atoms with Crippen LogP contribution >= 0.6 is 0 Å². The second-order valence-electron chi connectivity index (χ2n) is 7.90. The van der Waals surface area contributed by atoms with E-state index in [1.807, 2.05) is 42.5 Å². The molecule has 3 heterocycles. The summed E-state index contributed by atoms with van der Waals surface area (Å²) in [5.41, 5.74) is 1.07. The van der Waals surface area contributed by atoms with Gasteiger partial charge in [0.2, 0.25) is 6.79 Å². The smallest absolute Gasteiger partial charge is 0.260 e. The predicted molar refractivity (Wildman–Crippen MR) is 125 cm³/mol. The molecule has 0 saturated carbocycles. The van der Waals surface area contributed by atoms with E-state index >= 15 is 0 Å². The van der Waals surface area contributed by atoms with Crippen LogP contribution in [0.25, 0.3) is 0 Å². The summed E-state index contributed by atoms with van der Waals surface area (Å²) in [4.78, 5) is 33.4. The van der Waals surface area contributed by atoms with Gasteiger partial charge in [-0.25, -0.2) is 4.98 Å². The molecule has 0 bridgehead atoms. The fourth-order valence-electron chi connectivity index (χ4n) is 3.83. The minimum atomic E-state index is -0.252. The Hall–Kier alpha value is -4.27. The van der Waals surface area contributed by atoms with Gasteiger partial charge in [0.1, 0.15) is 11.6 Å². The number of hydrogen-bond acceptors (Lipinski definition) is 7. The third-order valence-electron chi connectivity index (χ3n) is 5.70. The van der Waals surface area contributed by atoms with Gasteiger partial charge in [-0.2, -0.15) is 0 Å². The maximum Gasteiger partial charge on any atom is 0.260 e. The highest BCUT2D eigenvalue weighted by Crippen LogP contribution is 2.32. The Balaban J connectivity index is 1.11. The van der Waals surface area contributed by atoms with Crippen LogP contribution in [0.3, 0.4) is 0 Å². The first-order chi connectivity index (χ1) is 16.7. The van der Waals surface area contributed by atoms with Crippen molar-refractivity contribution in [2.24, 2.45) is 0 Å². The largest absolute Gasteiger partial charge is 0.484 e. The average molecular weight is 460 g/mol. The van der Waals surface area contributed by atoms with Gasteiger partial charge in [0, 0.05) is 31.7 Å². The van der Waals surface area contributed by atoms with Crippen LogP contribution in [0.5, 0.6) is 17.2 Å². The third kappa shape index (κ3) is 4.88. The molecule has 3 aromatic rings. The van der Waals surface area contributed by atoms with Crippen molar-refractivity contribution in [1.82, 2.24) is 9.88 Å². The van der Waals surface area contributed by atoms with E-state index in [9.17, 15) is 9.59 Å². The number of para-hydroxylation sites is 1. The van der Waals surface area contributed by atoms with Crippen LogP contribution in [0.4, 0.5) is 11.5 Å². The lowest BCUT2D eigenvalue weighted by molar-refractivity contribution is -0.133. The molecule has 2 amide bonds. The van der Waals surface area contributed by atoms with Crippen LogP contribution in [-0.2, 0) is 4.79 Å². The number of anilines is 2. The summed E-state index contributed by atoms with van der Waals surface area (Å²) in [6, 6.07) is 18.1. The maximum atomic E-state index is 12.6. The molecule has 0 radical (unpaired) electrons. The quantitative estimate of drug-likeness (QED) is 0.605. The Labute approximate surface area is 196 Å². The van der Waals surface area contributed by atoms with Gasteiger partial charge in [0.25, 0.3) is 11.8 Å². The minimum Gasteiger partial charge on any atom is -0.484 e. The molecule has 1 fully saturated rings. The van der Waals surface area contributed by atoms with Crippen LogP contribution in [0, 0.1) is 0 Å². The van der Waals surface area contributed by atoms with E-state index in [0.717, 1.165) is 5.82 Å². The highest BCUT2D eigenvalue weighted by atomic mass is 16.7. The molecular weight excluding hydrogens is 436 g/mol. The Kier molecular flexibility index (Phi) is 6.15. The number of carbonyl (C=O) groups excluding carboxylic acids is 2. The third-order valence-corrected chi connectivity index (χ3v) is 5.70. The van der Waals surface area contributed by atoms with Crippen molar-refractivity contribution in [1.29, 1.82) is 0 Å². The van der Waals surface area contributed by atoms with E-state index in [4.69, 9.17) is 14.2 Å². The van der Waals surface area contributed by atoms with E-state index in [1.54, 1.807) is 29.3 Å². The van der Waals surface area contributed by atoms with Gasteiger partial charge in [-0.05, 0) is 42.5 Å². The highest BCUT2D eigenvalue weighted by molar-refractivity contribution is 6.04. The number of piperazine rings is 1. The van der Waals surface area contributed by atoms with Crippen molar-refractivity contribution in [2.75, 3.05) is 49.8 Å². The van der Waals surface area contributed by atoms with E-state index in [1.165, 1.54) is 0 Å². The van der Waals surface area contributed by atoms with Gasteiger partial charge in [-0.15, -0.1) is 0 Å². The van der Waals surface area contributed by atoms with Crippen LogP contribution < -0.4 is 24.4 Å². The molecule has 1 saturated heterocycles. The molecule has 1 aromatic heterocycles. The van der Waals surface area contributed by atoms with Crippen molar-refractivity contribution >= 4 is 23.3 Å². The van der Waals surface area contributed by atoms with Gasteiger partial charge in [0.05, 0.1) is 11.9 Å². The van der Waals surface area contributed by atoms with Crippen molar-refractivity contribution in [3.8, 4) is 17.2 Å². The average Bonchev–Trinajstić information content (AvgIpc) is 3.36. The van der Waals surface area contributed by atoms with Crippen molar-refractivity contribution in [3.63, 3.8) is 0 Å². The van der Waals surface area contributed by atoms with Crippen molar-refractivity contribution < 1.29 is 23.8 Å². The van der Waals surface area contributed by atoms with Crippen molar-refractivity contribution in [2.45, 2.75) is 0 Å². The monoisotopic (exact) mass is 460 g/mol. The Morgan fingerprint density at radius 3 is 2.50 bits per heavy atom. The van der Waals surface area contributed by atoms with Crippen LogP contribution in [0.15, 0.2) is 66.9 Å². The second-order valence-corrected chi connectivity index (χ2v) is 7.90. The fraction of sp³-hybridized carbons (Fsp3) is 0.240. The molecule has 0 spiro atoms. The standard InChI is InChI=1S/C25H24N4O5/c30-24(16-32-20-4-2-1-3-5-20)29-12-10-28(11-13-29)23-9-7-19(15-26-23)27-25(31)18-6-8-21-22(14-18)34-17-33-21/h1-9,14-15H,10-13,16-17H2,(H,27,31). The van der Waals surface area contributed by atoms with Crippen LogP contribution in [0.2, 0.25) is 0 Å². The number of carbonyl (C=O) groups is 2. The summed E-state index contributed by atoms with van der Waals surface area (Å²) in [6.07, 6.45) is 1.63. The molecule has 2 aliphatic heterocycles. The molecule has 0 atom stereocenters. The molecule has 0 aliphatic carbocycles. The highest BCUT2D eigenvalue weighted by Gasteiger charge is 2.22. The summed E-state index contributed by atoms with van der Waals surface area (Å²) in [6.45, 7) is 2.73. The SMILES string of the molecule is O=C(Nc1ccc(N2CCN(C(=O)COc3ccccc3)CC2)nc1)c1ccc2c(c1)OCO2. The maximum absolute atomic E-state index is 12.6. The normalized spacial score (nSPS) is 14.6. The van der Waals surface area contributed by atoms with E-state index < -0.39 is 0 Å². The number of nitrogens with zero attached hydrogens (tertiary/aromatic N) is 3. The molecule has 9 nitrogen and oxygen atoms in total. The minimum absolute atomic E-state index is 0.0278. The van der Waals surface area contributed by atoms with E-state index in [-0.39, 0.29) is 25.2 Å². The summed E-state index contributed by atoms with van der Waals surface area (Å²) in [5.74, 6) is 2.40. The Morgan fingerprint density at radius 2 is 1.74 bits per heavy atom. The molecule has 2 aromatic carbocycles. The van der Waals surface area contributed by atoms with Gasteiger partial charge in [0.15, 0.2) is 18.1 Å². The zero-order chi connectivity index (χ0) is 23.3. The molecule has 174 valence electrons. The predicted octanol–water partition coefficient (Wildman–Crippen LogP) is 2.79. The van der Waals surface area contributed by atoms with Crippen molar-refractivity contribution in [3.05, 3.63) is 72.4 Å². The van der Waals surface area contributed by atoms with Crippen LogP contribution in [-0.4, -0.2) is 61.3 Å². The zero-order valence-electron chi connectivity index (χ0n) is 18.5. The number of pyridine rings is 1. The first kappa shape index (κ1) is 21.6. The number of ether oxygens (including phenoxy) is 3. The molecule has 34 heavy (non-hydrogen) atoms. The number of aromatic nitrogens is 1. The molecular formula is C25H24N4O5. The van der Waals surface area contributed by atoms with Gasteiger partial charge in [-0.3, -0.25) is 9.59 Å². The van der Waals surface area contributed by atoms with Crippen LogP contribution in [0.1, 0.15) is 10.4 Å². The molecule has 1 N–H and O–H groups in total. The Morgan fingerprint density at radius 1 is 0.941 bits per heavy atom. The molecule has 0 unspecified atom stereocenters. The Bertz CT molecular complexity index is 1160. The summed E-state index contributed by atoms with van der Waals surface area (Å²) >= 11 is 0. The lowest BCUT2D eigenvalue weighted by Crippen LogP contribution is -2.50. The molecule has 9 heteroatoms. The number of hydrogen-bond donors (Lipinski definition) is 1.